The lowest BCUT2D eigenvalue weighted by Crippen LogP contribution is -2.46. The molecule has 2 rings (SSSR count). The minimum Gasteiger partial charge on any atom is -0.490 e. The van der Waals surface area contributed by atoms with Crippen molar-refractivity contribution in [2.24, 2.45) is 0 Å². The van der Waals surface area contributed by atoms with Gasteiger partial charge in [0, 0.05) is 20.0 Å². The topological polar surface area (TPSA) is 67.9 Å². The molecule has 2 aromatic rings. The lowest BCUT2D eigenvalue weighted by molar-refractivity contribution is -0.140. The summed E-state index contributed by atoms with van der Waals surface area (Å²) in [5.74, 6) is 0.561. The van der Waals surface area contributed by atoms with E-state index in [1.807, 2.05) is 32.0 Å². The Morgan fingerprint density at radius 1 is 1.00 bits per heavy atom. The van der Waals surface area contributed by atoms with Crippen molar-refractivity contribution >= 4 is 11.8 Å². The number of aryl methyl sites for hydroxylation is 1. The Labute approximate surface area is 183 Å². The molecule has 31 heavy (non-hydrogen) atoms. The van der Waals surface area contributed by atoms with E-state index in [0.29, 0.717) is 31.1 Å². The summed E-state index contributed by atoms with van der Waals surface area (Å²) >= 11 is 0. The average Bonchev–Trinajstić information content (AvgIpc) is 2.77. The first kappa shape index (κ1) is 24.2. The maximum Gasteiger partial charge on any atom is 0.242 e. The monoisotopic (exact) mass is 430 g/mol. The number of benzene rings is 2. The lowest BCUT2D eigenvalue weighted by Gasteiger charge is -2.28. The molecule has 7 heteroatoms. The summed E-state index contributed by atoms with van der Waals surface area (Å²) in [6.45, 7) is 6.77. The van der Waals surface area contributed by atoms with Crippen LogP contribution in [0.3, 0.4) is 0 Å². The van der Waals surface area contributed by atoms with E-state index in [1.165, 1.54) is 24.1 Å². The minimum atomic E-state index is -0.651. The molecule has 0 aliphatic heterocycles. The molecule has 2 amide bonds. The number of nitrogens with one attached hydrogen (secondary N) is 1. The van der Waals surface area contributed by atoms with Crippen LogP contribution in [-0.2, 0) is 22.6 Å². The van der Waals surface area contributed by atoms with Gasteiger partial charge in [-0.2, -0.15) is 0 Å². The molecule has 0 aliphatic carbocycles. The molecule has 2 aromatic carbocycles. The summed E-state index contributed by atoms with van der Waals surface area (Å²) < 4.78 is 24.5. The Morgan fingerprint density at radius 3 is 2.23 bits per heavy atom. The highest BCUT2D eigenvalue weighted by Gasteiger charge is 2.25. The summed E-state index contributed by atoms with van der Waals surface area (Å²) in [6.07, 6.45) is 0.716. The summed E-state index contributed by atoms with van der Waals surface area (Å²) in [5, 5.41) is 2.59. The van der Waals surface area contributed by atoms with E-state index in [-0.39, 0.29) is 30.6 Å². The number of likely N-dealkylation sites (N-methyl/N-ethyl adjacent to an activating group) is 1. The number of carbonyl (C=O) groups is 2. The van der Waals surface area contributed by atoms with Crippen molar-refractivity contribution in [3.8, 4) is 11.5 Å². The van der Waals surface area contributed by atoms with E-state index in [9.17, 15) is 14.0 Å². The zero-order chi connectivity index (χ0) is 22.8. The van der Waals surface area contributed by atoms with Crippen LogP contribution >= 0.6 is 0 Å². The number of nitrogens with zero attached hydrogens (tertiary/aromatic N) is 1. The molecule has 0 heterocycles. The molecular formula is C24H31FN2O4. The van der Waals surface area contributed by atoms with Gasteiger partial charge in [-0.3, -0.25) is 9.59 Å². The van der Waals surface area contributed by atoms with Crippen LogP contribution in [-0.4, -0.2) is 43.0 Å². The number of hydrogen-bond acceptors (Lipinski definition) is 4. The van der Waals surface area contributed by atoms with Crippen LogP contribution in [0.5, 0.6) is 11.5 Å². The molecule has 0 saturated carbocycles. The zero-order valence-electron chi connectivity index (χ0n) is 18.6. The predicted molar refractivity (Wildman–Crippen MR) is 118 cm³/mol. The molecule has 0 aromatic heterocycles. The predicted octanol–water partition coefficient (Wildman–Crippen LogP) is 3.72. The molecule has 1 atom stereocenters. The van der Waals surface area contributed by atoms with Gasteiger partial charge in [0.1, 0.15) is 11.9 Å². The van der Waals surface area contributed by atoms with Gasteiger partial charge < -0.3 is 19.7 Å². The molecule has 0 radical (unpaired) electrons. The van der Waals surface area contributed by atoms with Crippen LogP contribution in [0.15, 0.2) is 42.5 Å². The van der Waals surface area contributed by atoms with Gasteiger partial charge in [0.15, 0.2) is 11.5 Å². The number of halogens is 1. The van der Waals surface area contributed by atoms with E-state index in [2.05, 4.69) is 5.32 Å². The normalized spacial score (nSPS) is 11.5. The third-order valence-electron chi connectivity index (χ3n) is 4.92. The molecule has 0 fully saturated rings. The molecule has 6 nitrogen and oxygen atoms in total. The van der Waals surface area contributed by atoms with Crippen LogP contribution in [0.2, 0.25) is 0 Å². The Bertz CT molecular complexity index is 870. The maximum atomic E-state index is 13.2. The van der Waals surface area contributed by atoms with E-state index in [4.69, 9.17) is 9.47 Å². The third kappa shape index (κ3) is 6.98. The van der Waals surface area contributed by atoms with Gasteiger partial charge in [0.2, 0.25) is 11.8 Å². The lowest BCUT2D eigenvalue weighted by atomic mass is 10.1. The van der Waals surface area contributed by atoms with Crippen molar-refractivity contribution in [1.82, 2.24) is 10.2 Å². The van der Waals surface area contributed by atoms with Crippen LogP contribution in [0, 0.1) is 5.82 Å². The number of carbonyl (C=O) groups excluding carboxylic acids is 2. The molecule has 0 aliphatic rings. The molecule has 0 spiro atoms. The second-order valence-corrected chi connectivity index (χ2v) is 7.09. The molecule has 1 unspecified atom stereocenters. The van der Waals surface area contributed by atoms with Crippen LogP contribution < -0.4 is 14.8 Å². The van der Waals surface area contributed by atoms with Gasteiger partial charge in [0.05, 0.1) is 13.2 Å². The smallest absolute Gasteiger partial charge is 0.242 e. The van der Waals surface area contributed by atoms with Crippen molar-refractivity contribution < 1.29 is 23.5 Å². The van der Waals surface area contributed by atoms with Crippen LogP contribution in [0.1, 0.15) is 38.3 Å². The first-order chi connectivity index (χ1) is 14.9. The Kier molecular flexibility index (Phi) is 9.31. The second kappa shape index (κ2) is 11.9. The Balaban J connectivity index is 2.14. The quantitative estimate of drug-likeness (QED) is 0.590. The summed E-state index contributed by atoms with van der Waals surface area (Å²) in [5.41, 5.74) is 1.69. The van der Waals surface area contributed by atoms with Gasteiger partial charge in [-0.25, -0.2) is 4.39 Å². The minimum absolute atomic E-state index is 0.160. The zero-order valence-corrected chi connectivity index (χ0v) is 18.6. The van der Waals surface area contributed by atoms with E-state index >= 15 is 0 Å². The first-order valence-electron chi connectivity index (χ1n) is 10.5. The van der Waals surface area contributed by atoms with Crippen molar-refractivity contribution in [3.63, 3.8) is 0 Å². The van der Waals surface area contributed by atoms with Gasteiger partial charge in [0.25, 0.3) is 0 Å². The van der Waals surface area contributed by atoms with Crippen LogP contribution in [0.25, 0.3) is 0 Å². The van der Waals surface area contributed by atoms with E-state index in [0.717, 1.165) is 11.1 Å². The maximum absolute atomic E-state index is 13.2. The van der Waals surface area contributed by atoms with Gasteiger partial charge in [-0.1, -0.05) is 18.2 Å². The van der Waals surface area contributed by atoms with E-state index < -0.39 is 6.04 Å². The number of hydrogen-bond donors (Lipinski definition) is 1. The number of amides is 2. The van der Waals surface area contributed by atoms with E-state index in [1.54, 1.807) is 19.1 Å². The van der Waals surface area contributed by atoms with Gasteiger partial charge in [-0.05, 0) is 62.6 Å². The fraction of sp³-hybridized carbons (Fsp3) is 0.417. The summed E-state index contributed by atoms with van der Waals surface area (Å²) in [7, 11) is 1.54. The number of rotatable bonds is 11. The van der Waals surface area contributed by atoms with Crippen molar-refractivity contribution in [3.05, 3.63) is 59.4 Å². The highest BCUT2D eigenvalue weighted by molar-refractivity contribution is 5.87. The summed E-state index contributed by atoms with van der Waals surface area (Å²) in [6, 6.07) is 10.9. The van der Waals surface area contributed by atoms with Crippen LogP contribution in [0.4, 0.5) is 4.39 Å². The second-order valence-electron chi connectivity index (χ2n) is 7.09. The van der Waals surface area contributed by atoms with Gasteiger partial charge in [-0.15, -0.1) is 0 Å². The molecule has 0 bridgehead atoms. The largest absolute Gasteiger partial charge is 0.490 e. The first-order valence-corrected chi connectivity index (χ1v) is 10.5. The van der Waals surface area contributed by atoms with Gasteiger partial charge >= 0.3 is 0 Å². The van der Waals surface area contributed by atoms with Crippen molar-refractivity contribution in [2.45, 2.75) is 46.2 Å². The van der Waals surface area contributed by atoms with Crippen molar-refractivity contribution in [2.75, 3.05) is 20.3 Å². The third-order valence-corrected chi connectivity index (χ3v) is 4.92. The average molecular weight is 431 g/mol. The SMILES string of the molecule is CCOc1ccc(CCC(=O)N(Cc2ccc(F)cc2)C(C)C(=O)NC)cc1OCC. The summed E-state index contributed by atoms with van der Waals surface area (Å²) in [4.78, 5) is 26.8. The number of ether oxygens (including phenoxy) is 2. The van der Waals surface area contributed by atoms with Crippen molar-refractivity contribution in [1.29, 1.82) is 0 Å². The Hall–Kier alpha value is -3.09. The molecule has 1 N–H and O–H groups in total. The fourth-order valence-corrected chi connectivity index (χ4v) is 3.22. The fourth-order valence-electron chi connectivity index (χ4n) is 3.22. The highest BCUT2D eigenvalue weighted by Crippen LogP contribution is 2.29. The Morgan fingerprint density at radius 2 is 1.61 bits per heavy atom. The standard InChI is InChI=1S/C24H31FN2O4/c1-5-30-21-13-9-18(15-22(21)31-6-2)10-14-23(28)27(17(3)24(29)26-4)16-19-7-11-20(25)12-8-19/h7-9,11-13,15,17H,5-6,10,14,16H2,1-4H3,(H,26,29). The molecular weight excluding hydrogens is 399 g/mol. The highest BCUT2D eigenvalue weighted by atomic mass is 19.1. The molecule has 0 saturated heterocycles. The molecule has 168 valence electrons.